The standard InChI is InChI=1S/C8H14N2O2/c1-6-7(2)12-10-8(6)3-4-11-5-9/h3-5,9H2,1-2H3. The molecule has 0 aromatic carbocycles. The number of hydrogen-bond donors (Lipinski definition) is 1. The van der Waals surface area contributed by atoms with Gasteiger partial charge in [-0.3, -0.25) is 0 Å². The average Bonchev–Trinajstić information content (AvgIpc) is 2.36. The number of nitrogens with two attached hydrogens (primary N) is 1. The average molecular weight is 170 g/mol. The Hall–Kier alpha value is -0.870. The maximum absolute atomic E-state index is 5.17. The molecule has 0 spiro atoms. The molecule has 0 radical (unpaired) electrons. The Balaban J connectivity index is 2.46. The Kier molecular flexibility index (Phi) is 3.25. The molecule has 1 heterocycles. The highest BCUT2D eigenvalue weighted by atomic mass is 16.5. The molecular formula is C8H14N2O2. The number of aromatic nitrogens is 1. The Labute approximate surface area is 71.7 Å². The highest BCUT2D eigenvalue weighted by Gasteiger charge is 2.06. The molecule has 0 unspecified atom stereocenters. The quantitative estimate of drug-likeness (QED) is 0.535. The summed E-state index contributed by atoms with van der Waals surface area (Å²) in [5.74, 6) is 0.873. The van der Waals surface area contributed by atoms with Gasteiger partial charge in [0.2, 0.25) is 0 Å². The maximum Gasteiger partial charge on any atom is 0.136 e. The number of aryl methyl sites for hydroxylation is 1. The van der Waals surface area contributed by atoms with E-state index < -0.39 is 0 Å². The van der Waals surface area contributed by atoms with Crippen molar-refractivity contribution < 1.29 is 9.26 Å². The van der Waals surface area contributed by atoms with Crippen LogP contribution in [0.1, 0.15) is 17.0 Å². The summed E-state index contributed by atoms with van der Waals surface area (Å²) in [6.07, 6.45) is 0.764. The lowest BCUT2D eigenvalue weighted by molar-refractivity contribution is 0.143. The van der Waals surface area contributed by atoms with Crippen LogP contribution in [0.3, 0.4) is 0 Å². The van der Waals surface area contributed by atoms with Crippen molar-refractivity contribution in [2.24, 2.45) is 5.73 Å². The van der Waals surface area contributed by atoms with E-state index in [4.69, 9.17) is 15.0 Å². The third-order valence-electron chi connectivity index (χ3n) is 1.85. The number of hydrogen-bond acceptors (Lipinski definition) is 4. The summed E-state index contributed by atoms with van der Waals surface area (Å²) in [5.41, 5.74) is 7.24. The van der Waals surface area contributed by atoms with Crippen molar-refractivity contribution in [2.45, 2.75) is 20.3 Å². The zero-order valence-corrected chi connectivity index (χ0v) is 7.46. The molecule has 0 saturated carbocycles. The smallest absolute Gasteiger partial charge is 0.136 e. The molecule has 4 nitrogen and oxygen atoms in total. The van der Waals surface area contributed by atoms with E-state index in [2.05, 4.69) is 5.16 Å². The Morgan fingerprint density at radius 1 is 1.50 bits per heavy atom. The van der Waals surface area contributed by atoms with Crippen LogP contribution in [0, 0.1) is 13.8 Å². The van der Waals surface area contributed by atoms with Gasteiger partial charge in [0.15, 0.2) is 0 Å². The first-order valence-corrected chi connectivity index (χ1v) is 3.95. The molecule has 0 aliphatic carbocycles. The van der Waals surface area contributed by atoms with Gasteiger partial charge >= 0.3 is 0 Å². The summed E-state index contributed by atoms with van der Waals surface area (Å²) < 4.78 is 9.99. The van der Waals surface area contributed by atoms with E-state index in [0.29, 0.717) is 6.61 Å². The van der Waals surface area contributed by atoms with Crippen LogP contribution in [-0.4, -0.2) is 18.5 Å². The van der Waals surface area contributed by atoms with Gasteiger partial charge in [-0.2, -0.15) is 0 Å². The van der Waals surface area contributed by atoms with Crippen LogP contribution in [0.4, 0.5) is 0 Å². The van der Waals surface area contributed by atoms with E-state index in [1.165, 1.54) is 0 Å². The molecule has 0 aliphatic heterocycles. The highest BCUT2D eigenvalue weighted by Crippen LogP contribution is 2.11. The van der Waals surface area contributed by atoms with Crippen molar-refractivity contribution >= 4 is 0 Å². The predicted molar refractivity (Wildman–Crippen MR) is 44.7 cm³/mol. The minimum Gasteiger partial charge on any atom is -0.366 e. The van der Waals surface area contributed by atoms with Gasteiger partial charge in [0.1, 0.15) is 5.76 Å². The topological polar surface area (TPSA) is 61.3 Å². The Bertz CT molecular complexity index is 245. The minimum atomic E-state index is 0.260. The van der Waals surface area contributed by atoms with Gasteiger partial charge < -0.3 is 15.0 Å². The molecule has 1 rings (SSSR count). The lowest BCUT2D eigenvalue weighted by Crippen LogP contribution is -2.07. The second-order valence-corrected chi connectivity index (χ2v) is 2.64. The Morgan fingerprint density at radius 2 is 2.25 bits per heavy atom. The lowest BCUT2D eigenvalue weighted by Gasteiger charge is -1.97. The van der Waals surface area contributed by atoms with Gasteiger partial charge in [0.05, 0.1) is 19.0 Å². The molecule has 0 bridgehead atoms. The molecule has 12 heavy (non-hydrogen) atoms. The van der Waals surface area contributed by atoms with Crippen molar-refractivity contribution in [2.75, 3.05) is 13.3 Å². The first-order chi connectivity index (χ1) is 5.75. The summed E-state index contributed by atoms with van der Waals surface area (Å²) >= 11 is 0. The largest absolute Gasteiger partial charge is 0.366 e. The normalized spacial score (nSPS) is 10.6. The van der Waals surface area contributed by atoms with E-state index in [9.17, 15) is 0 Å². The molecule has 4 heteroatoms. The molecule has 68 valence electrons. The van der Waals surface area contributed by atoms with Gasteiger partial charge in [0, 0.05) is 12.0 Å². The second kappa shape index (κ2) is 4.23. The summed E-state index contributed by atoms with van der Waals surface area (Å²) in [5, 5.41) is 3.89. The molecule has 0 aliphatic rings. The molecule has 0 saturated heterocycles. The van der Waals surface area contributed by atoms with Crippen LogP contribution in [-0.2, 0) is 11.2 Å². The van der Waals surface area contributed by atoms with Crippen LogP contribution in [0.25, 0.3) is 0 Å². The van der Waals surface area contributed by atoms with Gasteiger partial charge in [-0.1, -0.05) is 5.16 Å². The molecule has 2 N–H and O–H groups in total. The Morgan fingerprint density at radius 3 is 2.75 bits per heavy atom. The first kappa shape index (κ1) is 9.22. The number of ether oxygens (including phenoxy) is 1. The van der Waals surface area contributed by atoms with Crippen molar-refractivity contribution in [3.05, 3.63) is 17.0 Å². The summed E-state index contributed by atoms with van der Waals surface area (Å²) in [6, 6.07) is 0. The van der Waals surface area contributed by atoms with Crippen molar-refractivity contribution in [1.82, 2.24) is 5.16 Å². The third kappa shape index (κ3) is 2.06. The van der Waals surface area contributed by atoms with Crippen LogP contribution >= 0.6 is 0 Å². The molecule has 1 aromatic heterocycles. The SMILES string of the molecule is Cc1onc(CCOCN)c1C. The molecule has 0 fully saturated rings. The molecular weight excluding hydrogens is 156 g/mol. The van der Waals surface area contributed by atoms with Crippen LogP contribution in [0.15, 0.2) is 4.52 Å². The summed E-state index contributed by atoms with van der Waals surface area (Å²) in [7, 11) is 0. The fourth-order valence-electron chi connectivity index (χ4n) is 0.949. The van der Waals surface area contributed by atoms with E-state index >= 15 is 0 Å². The fraction of sp³-hybridized carbons (Fsp3) is 0.625. The van der Waals surface area contributed by atoms with Gasteiger partial charge in [-0.15, -0.1) is 0 Å². The summed E-state index contributed by atoms with van der Waals surface area (Å²) in [4.78, 5) is 0. The van der Waals surface area contributed by atoms with Crippen molar-refractivity contribution in [1.29, 1.82) is 0 Å². The minimum absolute atomic E-state index is 0.260. The van der Waals surface area contributed by atoms with Crippen LogP contribution in [0.5, 0.6) is 0 Å². The summed E-state index contributed by atoms with van der Waals surface area (Å²) in [6.45, 7) is 4.75. The first-order valence-electron chi connectivity index (χ1n) is 3.95. The van der Waals surface area contributed by atoms with Gasteiger partial charge in [-0.05, 0) is 13.8 Å². The fourth-order valence-corrected chi connectivity index (χ4v) is 0.949. The van der Waals surface area contributed by atoms with Crippen LogP contribution in [0.2, 0.25) is 0 Å². The molecule has 0 amide bonds. The van der Waals surface area contributed by atoms with E-state index in [1.807, 2.05) is 13.8 Å². The van der Waals surface area contributed by atoms with Gasteiger partial charge in [0.25, 0.3) is 0 Å². The van der Waals surface area contributed by atoms with E-state index in [1.54, 1.807) is 0 Å². The zero-order valence-electron chi connectivity index (χ0n) is 7.46. The van der Waals surface area contributed by atoms with Crippen LogP contribution < -0.4 is 5.73 Å². The number of nitrogens with zero attached hydrogens (tertiary/aromatic N) is 1. The van der Waals surface area contributed by atoms with Crippen molar-refractivity contribution in [3.63, 3.8) is 0 Å². The second-order valence-electron chi connectivity index (χ2n) is 2.64. The zero-order chi connectivity index (χ0) is 8.97. The van der Waals surface area contributed by atoms with E-state index in [-0.39, 0.29) is 6.73 Å². The van der Waals surface area contributed by atoms with Crippen molar-refractivity contribution in [3.8, 4) is 0 Å². The predicted octanol–water partition coefficient (Wildman–Crippen LogP) is 0.767. The lowest BCUT2D eigenvalue weighted by atomic mass is 10.2. The van der Waals surface area contributed by atoms with Gasteiger partial charge in [-0.25, -0.2) is 0 Å². The highest BCUT2D eigenvalue weighted by molar-refractivity contribution is 5.19. The maximum atomic E-state index is 5.17. The molecule has 0 atom stereocenters. The third-order valence-corrected chi connectivity index (χ3v) is 1.85. The number of rotatable bonds is 4. The van der Waals surface area contributed by atoms with E-state index in [0.717, 1.165) is 23.4 Å². The molecule has 1 aromatic rings. The monoisotopic (exact) mass is 170 g/mol.